The molecule has 1 amide bonds. The smallest absolute Gasteiger partial charge is 0.244 e. The minimum absolute atomic E-state index is 0.194. The predicted octanol–water partition coefficient (Wildman–Crippen LogP) is 2.38. The van der Waals surface area contributed by atoms with Gasteiger partial charge < -0.3 is 11.1 Å². The summed E-state index contributed by atoms with van der Waals surface area (Å²) < 4.78 is 0.956. The average molecular weight is 348 g/mol. The largest absolute Gasteiger partial charge is 0.354 e. The highest BCUT2D eigenvalue weighted by atomic mass is 79.9. The van der Waals surface area contributed by atoms with Gasteiger partial charge >= 0.3 is 0 Å². The highest BCUT2D eigenvalue weighted by Crippen LogP contribution is 2.20. The van der Waals surface area contributed by atoms with Crippen LogP contribution in [0.2, 0.25) is 0 Å². The number of hydrogen-bond acceptors (Lipinski definition) is 3. The van der Waals surface area contributed by atoms with Crippen LogP contribution in [0.5, 0.6) is 0 Å². The van der Waals surface area contributed by atoms with Gasteiger partial charge in [0.2, 0.25) is 5.91 Å². The number of amides is 1. The van der Waals surface area contributed by atoms with Crippen molar-refractivity contribution < 1.29 is 4.79 Å². The van der Waals surface area contributed by atoms with Crippen molar-refractivity contribution in [2.45, 2.75) is 18.9 Å². The van der Waals surface area contributed by atoms with Gasteiger partial charge in [-0.25, -0.2) is 0 Å². The van der Waals surface area contributed by atoms with E-state index in [9.17, 15) is 4.79 Å². The fourth-order valence-electron chi connectivity index (χ4n) is 1.96. The van der Waals surface area contributed by atoms with Crippen molar-refractivity contribution in [2.24, 2.45) is 5.73 Å². The number of nitrogens with one attached hydrogen (secondary N) is 1. The molecule has 2 rings (SSSR count). The van der Waals surface area contributed by atoms with E-state index in [-0.39, 0.29) is 5.91 Å². The number of carbonyl (C=O) groups excluding carboxylic acids is 1. The number of nitrogens with two attached hydrogens (primary N) is 1. The van der Waals surface area contributed by atoms with Crippen LogP contribution in [0.1, 0.15) is 18.2 Å². The molecule has 1 heterocycles. The second-order valence-corrected chi connectivity index (χ2v) is 5.95. The van der Waals surface area contributed by atoms with Crippen LogP contribution in [-0.4, -0.2) is 17.4 Å². The van der Waals surface area contributed by atoms with Gasteiger partial charge in [0.1, 0.15) is 5.54 Å². The molecule has 110 valence electrons. The van der Waals surface area contributed by atoms with Gasteiger partial charge in [0.05, 0.1) is 0 Å². The number of pyridine rings is 1. The standard InChI is InChI=1S/C16H18BrN3O/c1-16(18,12-5-7-13(17)8-6-12)15(21)20-11-9-14-4-2-3-10-19-14/h2-8,10H,9,11,18H2,1H3,(H,20,21). The van der Waals surface area contributed by atoms with Crippen LogP contribution < -0.4 is 11.1 Å². The summed E-state index contributed by atoms with van der Waals surface area (Å²) in [6.45, 7) is 2.23. The van der Waals surface area contributed by atoms with E-state index in [1.165, 1.54) is 0 Å². The molecule has 0 aliphatic rings. The molecule has 3 N–H and O–H groups in total. The zero-order chi connectivity index (χ0) is 15.3. The number of rotatable bonds is 5. The van der Waals surface area contributed by atoms with Gasteiger partial charge in [-0.3, -0.25) is 9.78 Å². The molecule has 1 unspecified atom stereocenters. The van der Waals surface area contributed by atoms with Gasteiger partial charge in [-0.2, -0.15) is 0 Å². The molecule has 1 atom stereocenters. The summed E-state index contributed by atoms with van der Waals surface area (Å²) in [6, 6.07) is 13.2. The van der Waals surface area contributed by atoms with E-state index in [0.717, 1.165) is 15.7 Å². The average Bonchev–Trinajstić information content (AvgIpc) is 2.48. The van der Waals surface area contributed by atoms with Crippen molar-refractivity contribution >= 4 is 21.8 Å². The number of aromatic nitrogens is 1. The van der Waals surface area contributed by atoms with Crippen molar-refractivity contribution in [2.75, 3.05) is 6.54 Å². The van der Waals surface area contributed by atoms with Crippen LogP contribution in [0, 0.1) is 0 Å². The second-order valence-electron chi connectivity index (χ2n) is 5.04. The minimum Gasteiger partial charge on any atom is -0.354 e. The maximum Gasteiger partial charge on any atom is 0.244 e. The molecule has 0 radical (unpaired) electrons. The van der Waals surface area contributed by atoms with Crippen LogP contribution in [0.25, 0.3) is 0 Å². The number of benzene rings is 1. The third-order valence-corrected chi connectivity index (χ3v) is 3.84. The maximum absolute atomic E-state index is 12.3. The Morgan fingerprint density at radius 1 is 1.29 bits per heavy atom. The molecule has 0 fully saturated rings. The van der Waals surface area contributed by atoms with Crippen molar-refractivity contribution in [3.63, 3.8) is 0 Å². The molecule has 21 heavy (non-hydrogen) atoms. The zero-order valence-electron chi connectivity index (χ0n) is 11.8. The second kappa shape index (κ2) is 6.83. The summed E-state index contributed by atoms with van der Waals surface area (Å²) in [5.74, 6) is -0.194. The SMILES string of the molecule is CC(N)(C(=O)NCCc1ccccn1)c1ccc(Br)cc1. The molecule has 0 bridgehead atoms. The van der Waals surface area contributed by atoms with Gasteiger partial charge in [-0.05, 0) is 36.8 Å². The molecule has 0 aliphatic carbocycles. The monoisotopic (exact) mass is 347 g/mol. The number of hydrogen-bond donors (Lipinski definition) is 2. The predicted molar refractivity (Wildman–Crippen MR) is 86.6 cm³/mol. The van der Waals surface area contributed by atoms with Crippen molar-refractivity contribution in [1.29, 1.82) is 0 Å². The lowest BCUT2D eigenvalue weighted by Crippen LogP contribution is -2.49. The molecule has 4 nitrogen and oxygen atoms in total. The first-order chi connectivity index (χ1) is 10.00. The van der Waals surface area contributed by atoms with E-state index >= 15 is 0 Å². The molecule has 5 heteroatoms. The van der Waals surface area contributed by atoms with Crippen molar-refractivity contribution in [1.82, 2.24) is 10.3 Å². The fourth-order valence-corrected chi connectivity index (χ4v) is 2.23. The Kier molecular flexibility index (Phi) is 5.09. The zero-order valence-corrected chi connectivity index (χ0v) is 13.4. The lowest BCUT2D eigenvalue weighted by molar-refractivity contribution is -0.126. The molecule has 0 saturated carbocycles. The van der Waals surface area contributed by atoms with Crippen molar-refractivity contribution in [3.05, 3.63) is 64.4 Å². The normalized spacial score (nSPS) is 13.5. The summed E-state index contributed by atoms with van der Waals surface area (Å²) in [4.78, 5) is 16.5. The number of nitrogens with zero attached hydrogens (tertiary/aromatic N) is 1. The first-order valence-electron chi connectivity index (χ1n) is 6.73. The summed E-state index contributed by atoms with van der Waals surface area (Å²) in [5.41, 5.74) is 6.84. The molecule has 2 aromatic rings. The maximum atomic E-state index is 12.3. The molecule has 0 aliphatic heterocycles. The summed E-state index contributed by atoms with van der Waals surface area (Å²) in [5, 5.41) is 2.87. The number of carbonyl (C=O) groups is 1. The molecule has 0 saturated heterocycles. The van der Waals surface area contributed by atoms with Gasteiger partial charge in [0, 0.05) is 29.3 Å². The minimum atomic E-state index is -1.05. The lowest BCUT2D eigenvalue weighted by atomic mass is 9.92. The highest BCUT2D eigenvalue weighted by molar-refractivity contribution is 9.10. The first kappa shape index (κ1) is 15.7. The van der Waals surface area contributed by atoms with Crippen LogP contribution in [0.4, 0.5) is 0 Å². The van der Waals surface area contributed by atoms with Crippen molar-refractivity contribution in [3.8, 4) is 0 Å². The van der Waals surface area contributed by atoms with Crippen LogP contribution in [0.15, 0.2) is 53.1 Å². The van der Waals surface area contributed by atoms with Crippen LogP contribution in [0.3, 0.4) is 0 Å². The van der Waals surface area contributed by atoms with Crippen LogP contribution >= 0.6 is 15.9 Å². The molecular weight excluding hydrogens is 330 g/mol. The Morgan fingerprint density at radius 3 is 2.62 bits per heavy atom. The topological polar surface area (TPSA) is 68.0 Å². The van der Waals surface area contributed by atoms with Gasteiger partial charge in [-0.1, -0.05) is 34.1 Å². The van der Waals surface area contributed by atoms with Gasteiger partial charge in [0.25, 0.3) is 0 Å². The summed E-state index contributed by atoms with van der Waals surface area (Å²) >= 11 is 3.37. The summed E-state index contributed by atoms with van der Waals surface area (Å²) in [6.07, 6.45) is 2.43. The van der Waals surface area contributed by atoms with E-state index in [1.807, 2.05) is 42.5 Å². The number of halogens is 1. The lowest BCUT2D eigenvalue weighted by Gasteiger charge is -2.24. The Bertz CT molecular complexity index is 597. The molecule has 0 spiro atoms. The quantitative estimate of drug-likeness (QED) is 0.872. The van der Waals surface area contributed by atoms with E-state index < -0.39 is 5.54 Å². The van der Waals surface area contributed by atoms with E-state index in [4.69, 9.17) is 5.73 Å². The Hall–Kier alpha value is -1.72. The molecular formula is C16H18BrN3O. The van der Waals surface area contributed by atoms with Gasteiger partial charge in [-0.15, -0.1) is 0 Å². The van der Waals surface area contributed by atoms with E-state index in [1.54, 1.807) is 13.1 Å². The Morgan fingerprint density at radius 2 is 2.00 bits per heavy atom. The van der Waals surface area contributed by atoms with Gasteiger partial charge in [0.15, 0.2) is 0 Å². The third-order valence-electron chi connectivity index (χ3n) is 3.31. The Labute approximate surface area is 132 Å². The van der Waals surface area contributed by atoms with Crippen LogP contribution in [-0.2, 0) is 16.8 Å². The van der Waals surface area contributed by atoms with E-state index in [0.29, 0.717) is 13.0 Å². The summed E-state index contributed by atoms with van der Waals surface area (Å²) in [7, 11) is 0. The third kappa shape index (κ3) is 4.12. The van der Waals surface area contributed by atoms with E-state index in [2.05, 4.69) is 26.2 Å². The highest BCUT2D eigenvalue weighted by Gasteiger charge is 2.29. The molecule has 1 aromatic carbocycles. The first-order valence-corrected chi connectivity index (χ1v) is 7.52. The fraction of sp³-hybridized carbons (Fsp3) is 0.250. The molecule has 1 aromatic heterocycles. The Balaban J connectivity index is 1.94.